The third kappa shape index (κ3) is 2.54. The number of fused-ring (bicyclic) bond motifs is 1. The van der Waals surface area contributed by atoms with Gasteiger partial charge in [-0.25, -0.2) is 0 Å². The Kier molecular flexibility index (Phi) is 3.67. The predicted octanol–water partition coefficient (Wildman–Crippen LogP) is 3.20. The van der Waals surface area contributed by atoms with Gasteiger partial charge in [-0.3, -0.25) is 0 Å². The molecule has 0 fully saturated rings. The van der Waals surface area contributed by atoms with E-state index in [0.717, 1.165) is 19.5 Å². The van der Waals surface area contributed by atoms with Gasteiger partial charge in [-0.05, 0) is 42.5 Å². The number of nitrogens with one attached hydrogen (secondary N) is 1. The van der Waals surface area contributed by atoms with Crippen LogP contribution in [0.1, 0.15) is 38.8 Å². The molecule has 0 amide bonds. The highest BCUT2D eigenvalue weighted by molar-refractivity contribution is 5.58. The molecule has 0 aromatic heterocycles. The lowest BCUT2D eigenvalue weighted by Gasteiger charge is -2.38. The lowest BCUT2D eigenvalue weighted by atomic mass is 9.86. The first kappa shape index (κ1) is 13.4. The highest BCUT2D eigenvalue weighted by Gasteiger charge is 2.26. The molecule has 1 aromatic rings. The van der Waals surface area contributed by atoms with E-state index in [1.807, 2.05) is 0 Å². The van der Waals surface area contributed by atoms with Crippen LogP contribution in [0.5, 0.6) is 0 Å². The van der Waals surface area contributed by atoms with E-state index in [1.165, 1.54) is 16.8 Å². The number of anilines is 1. The Hall–Kier alpha value is -1.02. The summed E-state index contributed by atoms with van der Waals surface area (Å²) in [6.07, 6.45) is 1.15. The molecule has 100 valence electrons. The fourth-order valence-corrected chi connectivity index (χ4v) is 2.62. The van der Waals surface area contributed by atoms with Gasteiger partial charge >= 0.3 is 0 Å². The zero-order valence-electron chi connectivity index (χ0n) is 12.4. The van der Waals surface area contributed by atoms with Crippen molar-refractivity contribution in [1.29, 1.82) is 0 Å². The molecule has 1 aliphatic rings. The van der Waals surface area contributed by atoms with Gasteiger partial charge in [0.1, 0.15) is 0 Å². The molecule has 0 saturated carbocycles. The lowest BCUT2D eigenvalue weighted by molar-refractivity contribution is 0.329. The molecule has 0 bridgehead atoms. The lowest BCUT2D eigenvalue weighted by Crippen LogP contribution is -2.40. The Morgan fingerprint density at radius 3 is 2.67 bits per heavy atom. The van der Waals surface area contributed by atoms with Gasteiger partial charge in [0.25, 0.3) is 0 Å². The van der Waals surface area contributed by atoms with E-state index in [-0.39, 0.29) is 0 Å². The molecule has 1 aliphatic heterocycles. The summed E-state index contributed by atoms with van der Waals surface area (Å²) in [4.78, 5) is 2.44. The number of rotatable bonds is 2. The normalized spacial score (nSPS) is 17.2. The van der Waals surface area contributed by atoms with Gasteiger partial charge in [0.15, 0.2) is 0 Å². The second-order valence-electron chi connectivity index (χ2n) is 6.49. The van der Waals surface area contributed by atoms with Crippen LogP contribution in [0, 0.1) is 5.41 Å². The van der Waals surface area contributed by atoms with E-state index < -0.39 is 0 Å². The maximum Gasteiger partial charge on any atom is 0.0414 e. The van der Waals surface area contributed by atoms with Gasteiger partial charge in [-0.15, -0.1) is 0 Å². The van der Waals surface area contributed by atoms with Gasteiger partial charge < -0.3 is 10.2 Å². The topological polar surface area (TPSA) is 15.3 Å². The quantitative estimate of drug-likeness (QED) is 0.862. The molecule has 1 heterocycles. The van der Waals surface area contributed by atoms with Crippen molar-refractivity contribution in [2.24, 2.45) is 5.41 Å². The van der Waals surface area contributed by atoms with Crippen molar-refractivity contribution in [2.75, 3.05) is 18.5 Å². The predicted molar refractivity (Wildman–Crippen MR) is 79.2 cm³/mol. The summed E-state index contributed by atoms with van der Waals surface area (Å²) in [5.74, 6) is 0. The van der Waals surface area contributed by atoms with Gasteiger partial charge in [0.2, 0.25) is 0 Å². The van der Waals surface area contributed by atoms with Crippen molar-refractivity contribution in [3.63, 3.8) is 0 Å². The first-order valence-corrected chi connectivity index (χ1v) is 6.95. The van der Waals surface area contributed by atoms with Crippen molar-refractivity contribution in [3.05, 3.63) is 29.3 Å². The molecule has 2 heteroatoms. The fraction of sp³-hybridized carbons (Fsp3) is 0.625. The summed E-state index contributed by atoms with van der Waals surface area (Å²) in [5.41, 5.74) is 4.68. The van der Waals surface area contributed by atoms with Crippen molar-refractivity contribution >= 4 is 5.69 Å². The first-order valence-electron chi connectivity index (χ1n) is 6.95. The molecule has 1 atom stereocenters. The van der Waals surface area contributed by atoms with Crippen LogP contribution in [0.3, 0.4) is 0 Å². The molecule has 2 rings (SSSR count). The minimum absolute atomic E-state index is 0.291. The van der Waals surface area contributed by atoms with Gasteiger partial charge in [-0.1, -0.05) is 32.9 Å². The van der Waals surface area contributed by atoms with E-state index in [4.69, 9.17) is 0 Å². The number of nitrogens with zero attached hydrogens (tertiary/aromatic N) is 1. The summed E-state index contributed by atoms with van der Waals surface area (Å²) in [5, 5.41) is 3.49. The second kappa shape index (κ2) is 4.93. The van der Waals surface area contributed by atoms with Crippen LogP contribution in [0.4, 0.5) is 5.69 Å². The second-order valence-corrected chi connectivity index (χ2v) is 6.49. The molecule has 2 nitrogen and oxygen atoms in total. The van der Waals surface area contributed by atoms with Crippen LogP contribution in [-0.2, 0) is 13.0 Å². The van der Waals surface area contributed by atoms with Crippen LogP contribution in [-0.4, -0.2) is 19.6 Å². The maximum absolute atomic E-state index is 3.49. The third-order valence-corrected chi connectivity index (χ3v) is 4.34. The third-order valence-electron chi connectivity index (χ3n) is 4.34. The summed E-state index contributed by atoms with van der Waals surface area (Å²) in [7, 11) is 2.22. The Labute approximate surface area is 111 Å². The Balaban J connectivity index is 2.33. The van der Waals surface area contributed by atoms with Crippen molar-refractivity contribution in [2.45, 2.75) is 46.7 Å². The van der Waals surface area contributed by atoms with Crippen molar-refractivity contribution in [3.8, 4) is 0 Å². The fourth-order valence-electron chi connectivity index (χ4n) is 2.62. The van der Waals surface area contributed by atoms with Gasteiger partial charge in [0, 0.05) is 25.3 Å². The molecule has 1 unspecified atom stereocenters. The molecule has 1 aromatic carbocycles. The number of hydrogen-bond donors (Lipinski definition) is 1. The Morgan fingerprint density at radius 2 is 2.00 bits per heavy atom. The highest BCUT2D eigenvalue weighted by Crippen LogP contribution is 2.31. The van der Waals surface area contributed by atoms with E-state index in [9.17, 15) is 0 Å². The van der Waals surface area contributed by atoms with Gasteiger partial charge in [-0.2, -0.15) is 0 Å². The van der Waals surface area contributed by atoms with Crippen molar-refractivity contribution < 1.29 is 0 Å². The standard InChI is InChI=1S/C16H26N2/c1-12(16(2,3)4)18(5)15-8-6-7-13-9-10-17-11-14(13)15/h6-8,12,17H,9-11H2,1-5H3. The van der Waals surface area contributed by atoms with Gasteiger partial charge in [0.05, 0.1) is 0 Å². The van der Waals surface area contributed by atoms with Crippen LogP contribution in [0.25, 0.3) is 0 Å². The molecule has 0 aliphatic carbocycles. The largest absolute Gasteiger partial charge is 0.371 e. The molecule has 0 radical (unpaired) electrons. The highest BCUT2D eigenvalue weighted by atomic mass is 15.1. The monoisotopic (exact) mass is 246 g/mol. The smallest absolute Gasteiger partial charge is 0.0414 e. The van der Waals surface area contributed by atoms with Crippen molar-refractivity contribution in [1.82, 2.24) is 5.32 Å². The number of hydrogen-bond acceptors (Lipinski definition) is 2. The molecule has 18 heavy (non-hydrogen) atoms. The Morgan fingerprint density at radius 1 is 1.28 bits per heavy atom. The summed E-state index contributed by atoms with van der Waals surface area (Å²) >= 11 is 0. The van der Waals surface area contributed by atoms with Crippen LogP contribution in [0.2, 0.25) is 0 Å². The zero-order valence-corrected chi connectivity index (χ0v) is 12.4. The minimum atomic E-state index is 0.291. The van der Waals surface area contributed by atoms with E-state index in [2.05, 4.69) is 63.2 Å². The van der Waals surface area contributed by atoms with E-state index >= 15 is 0 Å². The van der Waals surface area contributed by atoms with Crippen LogP contribution >= 0.6 is 0 Å². The molecule has 0 spiro atoms. The van der Waals surface area contributed by atoms with Crippen LogP contribution < -0.4 is 10.2 Å². The molecule has 1 N–H and O–H groups in total. The minimum Gasteiger partial charge on any atom is -0.371 e. The number of benzene rings is 1. The average molecular weight is 246 g/mol. The van der Waals surface area contributed by atoms with E-state index in [0.29, 0.717) is 11.5 Å². The summed E-state index contributed by atoms with van der Waals surface area (Å²) in [6.45, 7) is 11.3. The maximum atomic E-state index is 3.49. The van der Waals surface area contributed by atoms with Crippen LogP contribution in [0.15, 0.2) is 18.2 Å². The summed E-state index contributed by atoms with van der Waals surface area (Å²) < 4.78 is 0. The Bertz CT molecular complexity index is 418. The zero-order chi connectivity index (χ0) is 13.3. The molecular weight excluding hydrogens is 220 g/mol. The average Bonchev–Trinajstić information content (AvgIpc) is 2.35. The first-order chi connectivity index (χ1) is 8.41. The molecular formula is C16H26N2. The van der Waals surface area contributed by atoms with E-state index in [1.54, 1.807) is 0 Å². The molecule has 0 saturated heterocycles. The summed E-state index contributed by atoms with van der Waals surface area (Å²) in [6, 6.07) is 7.25. The SMILES string of the molecule is CC(N(C)c1cccc2c1CNCC2)C(C)(C)C.